The van der Waals surface area contributed by atoms with Gasteiger partial charge >= 0.3 is 0 Å². The second-order valence-electron chi connectivity index (χ2n) is 14.5. The molecule has 2 nitrogen and oxygen atoms in total. The lowest BCUT2D eigenvalue weighted by molar-refractivity contribution is 1.18. The first-order valence-electron chi connectivity index (χ1n) is 18.8. The standard InChI is InChI=1S/C52H36N2/c1-3-13-40-33(2)14-10-24-46(40)53(48-25-12-22-45-51(48)44-21-11-18-37-30-36-17-6-7-19-41(36)52(45)50(37)44)39-28-29-43-42-20-8-9-23-47(42)54(49(43)32-39)38-27-26-34-15-4-5-16-35(34)31-38/h3-32H,1-2H3/b13-3-. The topological polar surface area (TPSA) is 8.17 Å². The first-order chi connectivity index (χ1) is 26.7. The van der Waals surface area contributed by atoms with E-state index in [0.29, 0.717) is 0 Å². The fraction of sp³-hybridized carbons (Fsp3) is 0.0385. The van der Waals surface area contributed by atoms with Crippen molar-refractivity contribution in [1.82, 2.24) is 4.57 Å². The Morgan fingerprint density at radius 1 is 0.481 bits per heavy atom. The minimum absolute atomic E-state index is 1.12. The molecule has 0 aliphatic heterocycles. The average Bonchev–Trinajstić information content (AvgIpc) is 3.73. The summed E-state index contributed by atoms with van der Waals surface area (Å²) in [6, 6.07) is 62.9. The highest BCUT2D eigenvalue weighted by atomic mass is 15.2. The predicted octanol–water partition coefficient (Wildman–Crippen LogP) is 14.7. The van der Waals surface area contributed by atoms with Crippen molar-refractivity contribution in [2.75, 3.05) is 4.90 Å². The maximum Gasteiger partial charge on any atom is 0.0561 e. The molecule has 0 unspecified atom stereocenters. The molecule has 10 aromatic rings. The Hall–Kier alpha value is -6.90. The van der Waals surface area contributed by atoms with Crippen LogP contribution >= 0.6 is 0 Å². The van der Waals surface area contributed by atoms with Crippen molar-refractivity contribution < 1.29 is 0 Å². The van der Waals surface area contributed by atoms with Crippen molar-refractivity contribution in [3.05, 3.63) is 187 Å². The van der Waals surface area contributed by atoms with Crippen LogP contribution in [0.15, 0.2) is 176 Å². The highest BCUT2D eigenvalue weighted by Crippen LogP contribution is 2.56. The van der Waals surface area contributed by atoms with Gasteiger partial charge in [-0.05, 0) is 117 Å². The number of hydrogen-bond donors (Lipinski definition) is 0. The number of benzene rings is 9. The van der Waals surface area contributed by atoms with Crippen molar-refractivity contribution in [3.63, 3.8) is 0 Å². The summed E-state index contributed by atoms with van der Waals surface area (Å²) in [6.45, 7) is 4.33. The lowest BCUT2D eigenvalue weighted by Crippen LogP contribution is -2.13. The van der Waals surface area contributed by atoms with Gasteiger partial charge in [-0.1, -0.05) is 133 Å². The molecule has 0 amide bonds. The molecular weight excluding hydrogens is 653 g/mol. The van der Waals surface area contributed by atoms with Gasteiger partial charge in [-0.25, -0.2) is 0 Å². The van der Waals surface area contributed by atoms with Crippen LogP contribution in [0.2, 0.25) is 0 Å². The largest absolute Gasteiger partial charge is 0.309 e. The molecule has 0 N–H and O–H groups in total. The summed E-state index contributed by atoms with van der Waals surface area (Å²) in [5, 5.41) is 10.1. The van der Waals surface area contributed by atoms with Gasteiger partial charge in [-0.2, -0.15) is 0 Å². The Kier molecular flexibility index (Phi) is 6.72. The van der Waals surface area contributed by atoms with Crippen molar-refractivity contribution in [1.29, 1.82) is 0 Å². The zero-order chi connectivity index (χ0) is 35.9. The van der Waals surface area contributed by atoms with Crippen LogP contribution in [0.1, 0.15) is 18.1 Å². The van der Waals surface area contributed by atoms with Crippen LogP contribution in [0, 0.1) is 6.92 Å². The second kappa shape index (κ2) is 11.8. The van der Waals surface area contributed by atoms with Gasteiger partial charge in [0.2, 0.25) is 0 Å². The summed E-state index contributed by atoms with van der Waals surface area (Å²) in [5.41, 5.74) is 14.6. The number of aromatic nitrogens is 1. The fourth-order valence-corrected chi connectivity index (χ4v) is 9.17. The molecule has 0 atom stereocenters. The molecule has 2 heteroatoms. The SMILES string of the molecule is C/C=C\c1c(C)cccc1N(c1ccc2c3ccccc3n(-c3ccc4ccccc4c3)c2c1)c1cccc2c1-c1cccc3cc4ccccc4c-2c13. The molecule has 1 aliphatic carbocycles. The minimum atomic E-state index is 1.12. The molecule has 11 rings (SSSR count). The van der Waals surface area contributed by atoms with Crippen LogP contribution in [0.5, 0.6) is 0 Å². The van der Waals surface area contributed by atoms with Gasteiger partial charge < -0.3 is 9.47 Å². The van der Waals surface area contributed by atoms with Gasteiger partial charge in [-0.15, -0.1) is 0 Å². The molecule has 1 aliphatic rings. The number of anilines is 3. The molecule has 0 saturated heterocycles. The smallest absolute Gasteiger partial charge is 0.0561 e. The second-order valence-corrected chi connectivity index (χ2v) is 14.5. The molecule has 0 fully saturated rings. The summed E-state index contributed by atoms with van der Waals surface area (Å²) >= 11 is 0. The summed E-state index contributed by atoms with van der Waals surface area (Å²) in [4.78, 5) is 2.51. The maximum atomic E-state index is 2.51. The van der Waals surface area contributed by atoms with Crippen molar-refractivity contribution in [2.24, 2.45) is 0 Å². The molecule has 1 heterocycles. The van der Waals surface area contributed by atoms with Gasteiger partial charge in [0.25, 0.3) is 0 Å². The van der Waals surface area contributed by atoms with Crippen LogP contribution in [0.4, 0.5) is 17.1 Å². The number of fused-ring (bicyclic) bond motifs is 9. The zero-order valence-electron chi connectivity index (χ0n) is 30.2. The van der Waals surface area contributed by atoms with Crippen LogP contribution in [0.25, 0.3) is 88.1 Å². The molecule has 0 saturated carbocycles. The monoisotopic (exact) mass is 688 g/mol. The van der Waals surface area contributed by atoms with E-state index in [1.54, 1.807) is 0 Å². The Morgan fingerprint density at radius 3 is 2.07 bits per heavy atom. The summed E-state index contributed by atoms with van der Waals surface area (Å²) < 4.78 is 2.44. The lowest BCUT2D eigenvalue weighted by atomic mass is 9.96. The zero-order valence-corrected chi connectivity index (χ0v) is 30.2. The van der Waals surface area contributed by atoms with Crippen LogP contribution in [-0.4, -0.2) is 4.57 Å². The maximum absolute atomic E-state index is 2.51. The Balaban J connectivity index is 1.23. The third kappa shape index (κ3) is 4.41. The average molecular weight is 689 g/mol. The van der Waals surface area contributed by atoms with E-state index >= 15 is 0 Å². The summed E-state index contributed by atoms with van der Waals surface area (Å²) in [7, 11) is 0. The summed E-state index contributed by atoms with van der Waals surface area (Å²) in [5.74, 6) is 0. The van der Waals surface area contributed by atoms with Crippen LogP contribution in [0.3, 0.4) is 0 Å². The van der Waals surface area contributed by atoms with Gasteiger partial charge in [0.15, 0.2) is 0 Å². The molecule has 254 valence electrons. The fourth-order valence-electron chi connectivity index (χ4n) is 9.17. The van der Waals surface area contributed by atoms with Crippen LogP contribution in [-0.2, 0) is 0 Å². The number of nitrogens with zero attached hydrogens (tertiary/aromatic N) is 2. The van der Waals surface area contributed by atoms with Gasteiger partial charge in [0.1, 0.15) is 0 Å². The summed E-state index contributed by atoms with van der Waals surface area (Å²) in [6.07, 6.45) is 4.41. The van der Waals surface area contributed by atoms with Gasteiger partial charge in [0, 0.05) is 33.3 Å². The Morgan fingerprint density at radius 2 is 1.19 bits per heavy atom. The minimum Gasteiger partial charge on any atom is -0.309 e. The number of hydrogen-bond acceptors (Lipinski definition) is 1. The first-order valence-corrected chi connectivity index (χ1v) is 18.8. The third-order valence-corrected chi connectivity index (χ3v) is 11.5. The molecule has 0 spiro atoms. The molecule has 0 radical (unpaired) electrons. The number of rotatable bonds is 5. The number of allylic oxidation sites excluding steroid dienone is 1. The van der Waals surface area contributed by atoms with Crippen molar-refractivity contribution in [2.45, 2.75) is 13.8 Å². The van der Waals surface area contributed by atoms with Gasteiger partial charge in [-0.3, -0.25) is 0 Å². The highest BCUT2D eigenvalue weighted by Gasteiger charge is 2.30. The van der Waals surface area contributed by atoms with E-state index in [4.69, 9.17) is 0 Å². The quantitative estimate of drug-likeness (QED) is 0.163. The highest BCUT2D eigenvalue weighted by molar-refractivity contribution is 6.26. The normalized spacial score (nSPS) is 12.2. The molecular formula is C52H36N2. The van der Waals surface area contributed by atoms with Gasteiger partial charge in [0.05, 0.1) is 22.4 Å². The molecule has 9 aromatic carbocycles. The van der Waals surface area contributed by atoms with E-state index in [9.17, 15) is 0 Å². The molecule has 54 heavy (non-hydrogen) atoms. The molecule has 1 aromatic heterocycles. The first kappa shape index (κ1) is 30.7. The van der Waals surface area contributed by atoms with Crippen molar-refractivity contribution in [3.8, 4) is 27.9 Å². The van der Waals surface area contributed by atoms with E-state index in [2.05, 4.69) is 205 Å². The Bertz CT molecular complexity index is 3200. The van der Waals surface area contributed by atoms with E-state index in [0.717, 1.165) is 17.1 Å². The van der Waals surface area contributed by atoms with E-state index < -0.39 is 0 Å². The van der Waals surface area contributed by atoms with Crippen molar-refractivity contribution >= 4 is 77.3 Å². The van der Waals surface area contributed by atoms with E-state index in [1.165, 1.54) is 93.2 Å². The Labute approximate surface area is 314 Å². The lowest BCUT2D eigenvalue weighted by Gasteiger charge is -2.30. The van der Waals surface area contributed by atoms with Crippen LogP contribution < -0.4 is 4.90 Å². The number of para-hydroxylation sites is 1. The van der Waals surface area contributed by atoms with E-state index in [-0.39, 0.29) is 0 Å². The number of aryl methyl sites for hydroxylation is 1. The van der Waals surface area contributed by atoms with E-state index in [1.807, 2.05) is 0 Å². The molecule has 0 bridgehead atoms. The third-order valence-electron chi connectivity index (χ3n) is 11.5. The predicted molar refractivity (Wildman–Crippen MR) is 232 cm³/mol.